The number of hydrogen-bond acceptors (Lipinski definition) is 3. The quantitative estimate of drug-likeness (QED) is 0.531. The fourth-order valence-corrected chi connectivity index (χ4v) is 4.77. The second-order valence-corrected chi connectivity index (χ2v) is 9.36. The van der Waals surface area contributed by atoms with Crippen LogP contribution >= 0.6 is 0 Å². The van der Waals surface area contributed by atoms with Crippen molar-refractivity contribution in [3.63, 3.8) is 0 Å². The Morgan fingerprint density at radius 3 is 2.34 bits per heavy atom. The molecule has 0 aliphatic heterocycles. The van der Waals surface area contributed by atoms with Crippen molar-refractivity contribution in [2.45, 2.75) is 69.9 Å². The average molecular weight is 445 g/mol. The number of rotatable bonds is 9. The molecular weight excluding hydrogens is 410 g/mol. The Morgan fingerprint density at radius 2 is 1.75 bits per heavy atom. The Labute approximate surface area is 189 Å². The Balaban J connectivity index is 1.78. The van der Waals surface area contributed by atoms with Crippen molar-refractivity contribution in [3.05, 3.63) is 70.8 Å². The highest BCUT2D eigenvalue weighted by molar-refractivity contribution is 5.77. The Morgan fingerprint density at radius 1 is 1.09 bits per heavy atom. The Bertz CT molecular complexity index is 906. The van der Waals surface area contributed by atoms with E-state index in [1.54, 1.807) is 0 Å². The highest BCUT2D eigenvalue weighted by Gasteiger charge is 2.35. The molecule has 1 amide bonds. The molecule has 2 aromatic carbocycles. The molecule has 6 heteroatoms. The van der Waals surface area contributed by atoms with E-state index < -0.39 is 29.6 Å². The zero-order chi connectivity index (χ0) is 23.3. The Hall–Kier alpha value is -2.31. The molecule has 3 rings (SSSR count). The number of primary amides is 1. The summed E-state index contributed by atoms with van der Waals surface area (Å²) >= 11 is 0. The first-order valence-electron chi connectivity index (χ1n) is 11.5. The lowest BCUT2D eigenvalue weighted by Gasteiger charge is -2.40. The number of halogens is 2. The van der Waals surface area contributed by atoms with Gasteiger partial charge in [-0.3, -0.25) is 4.79 Å². The van der Waals surface area contributed by atoms with Gasteiger partial charge < -0.3 is 16.2 Å². The largest absolute Gasteiger partial charge is 0.391 e. The molecule has 1 fully saturated rings. The molecule has 4 nitrogen and oxygen atoms in total. The van der Waals surface area contributed by atoms with Gasteiger partial charge in [-0.05, 0) is 54.0 Å². The van der Waals surface area contributed by atoms with Crippen LogP contribution in [-0.4, -0.2) is 23.7 Å². The highest BCUT2D eigenvalue weighted by atomic mass is 19.1. The fraction of sp³-hybridized carbons (Fsp3) is 0.500. The van der Waals surface area contributed by atoms with Crippen molar-refractivity contribution in [3.8, 4) is 0 Å². The smallest absolute Gasteiger partial charge is 0.223 e. The lowest BCUT2D eigenvalue weighted by atomic mass is 9.75. The molecule has 32 heavy (non-hydrogen) atoms. The van der Waals surface area contributed by atoms with Crippen LogP contribution in [0.15, 0.2) is 42.5 Å². The van der Waals surface area contributed by atoms with Gasteiger partial charge in [-0.15, -0.1) is 0 Å². The molecule has 174 valence electrons. The Kier molecular flexibility index (Phi) is 8.01. The zero-order valence-corrected chi connectivity index (χ0v) is 18.9. The summed E-state index contributed by atoms with van der Waals surface area (Å²) in [4.78, 5) is 12.1. The number of aliphatic hydroxyl groups excluding tert-OH is 1. The molecule has 2 unspecified atom stereocenters. The van der Waals surface area contributed by atoms with E-state index in [0.717, 1.165) is 31.7 Å². The SMILES string of the molecule is CC(C)c1cccc(C2(NCC(O)C(Cc3cc(F)cc(F)c3)C(N)=O)CCCCC2)c1. The fourth-order valence-electron chi connectivity index (χ4n) is 4.77. The van der Waals surface area contributed by atoms with Crippen LogP contribution in [0.1, 0.15) is 68.6 Å². The van der Waals surface area contributed by atoms with Gasteiger partial charge in [-0.2, -0.15) is 0 Å². The summed E-state index contributed by atoms with van der Waals surface area (Å²) in [6, 6.07) is 11.7. The summed E-state index contributed by atoms with van der Waals surface area (Å²) < 4.78 is 27.1. The van der Waals surface area contributed by atoms with Crippen LogP contribution in [0.3, 0.4) is 0 Å². The van der Waals surface area contributed by atoms with Crippen molar-refractivity contribution in [1.82, 2.24) is 5.32 Å². The first kappa shape index (κ1) is 24.3. The van der Waals surface area contributed by atoms with E-state index >= 15 is 0 Å². The van der Waals surface area contributed by atoms with E-state index in [0.29, 0.717) is 11.5 Å². The van der Waals surface area contributed by atoms with Crippen LogP contribution < -0.4 is 11.1 Å². The topological polar surface area (TPSA) is 75.3 Å². The molecule has 1 aliphatic rings. The summed E-state index contributed by atoms with van der Waals surface area (Å²) in [5, 5.41) is 14.4. The predicted octanol–water partition coefficient (Wildman–Crippen LogP) is 4.54. The molecule has 4 N–H and O–H groups in total. The maximum Gasteiger partial charge on any atom is 0.223 e. The zero-order valence-electron chi connectivity index (χ0n) is 18.9. The summed E-state index contributed by atoms with van der Waals surface area (Å²) in [5.41, 5.74) is 8.02. The number of nitrogens with one attached hydrogen (secondary N) is 1. The molecule has 1 aliphatic carbocycles. The summed E-state index contributed by atoms with van der Waals surface area (Å²) in [5.74, 6) is -2.68. The van der Waals surface area contributed by atoms with Crippen molar-refractivity contribution >= 4 is 5.91 Å². The van der Waals surface area contributed by atoms with E-state index in [1.165, 1.54) is 29.7 Å². The van der Waals surface area contributed by atoms with Crippen LogP contribution in [0, 0.1) is 17.6 Å². The minimum atomic E-state index is -1.08. The molecule has 0 aromatic heterocycles. The van der Waals surface area contributed by atoms with Gasteiger partial charge in [0.25, 0.3) is 0 Å². The standard InChI is InChI=1S/C26H34F2N2O2/c1-17(2)19-7-6-8-20(14-19)26(9-4-3-5-10-26)30-16-24(31)23(25(29)32)13-18-11-21(27)15-22(28)12-18/h6-8,11-12,14-15,17,23-24,30-31H,3-5,9-10,13,16H2,1-2H3,(H2,29,32). The van der Waals surface area contributed by atoms with Crippen molar-refractivity contribution in [2.24, 2.45) is 11.7 Å². The number of hydrogen-bond donors (Lipinski definition) is 3. The van der Waals surface area contributed by atoms with Gasteiger partial charge in [0.15, 0.2) is 0 Å². The van der Waals surface area contributed by atoms with E-state index in [9.17, 15) is 18.7 Å². The van der Waals surface area contributed by atoms with Gasteiger partial charge in [-0.25, -0.2) is 8.78 Å². The van der Waals surface area contributed by atoms with Crippen LogP contribution in [0.25, 0.3) is 0 Å². The van der Waals surface area contributed by atoms with Crippen molar-refractivity contribution < 1.29 is 18.7 Å². The summed E-state index contributed by atoms with van der Waals surface area (Å²) in [7, 11) is 0. The first-order chi connectivity index (χ1) is 15.2. The maximum absolute atomic E-state index is 13.6. The number of amides is 1. The summed E-state index contributed by atoms with van der Waals surface area (Å²) in [6.07, 6.45) is 4.11. The molecule has 0 spiro atoms. The monoisotopic (exact) mass is 444 g/mol. The summed E-state index contributed by atoms with van der Waals surface area (Å²) in [6.45, 7) is 4.49. The van der Waals surface area contributed by atoms with E-state index in [4.69, 9.17) is 5.73 Å². The second kappa shape index (κ2) is 10.5. The second-order valence-electron chi connectivity index (χ2n) is 9.36. The predicted molar refractivity (Wildman–Crippen MR) is 122 cm³/mol. The third-order valence-electron chi connectivity index (χ3n) is 6.67. The van der Waals surface area contributed by atoms with E-state index in [2.05, 4.69) is 43.4 Å². The van der Waals surface area contributed by atoms with Gasteiger partial charge in [0.1, 0.15) is 11.6 Å². The molecule has 1 saturated carbocycles. The molecular formula is C26H34F2N2O2. The molecule has 2 atom stereocenters. The number of carbonyl (C=O) groups excluding carboxylic acids is 1. The molecule has 0 heterocycles. The van der Waals surface area contributed by atoms with Crippen LogP contribution in [0.5, 0.6) is 0 Å². The highest BCUT2D eigenvalue weighted by Crippen LogP contribution is 2.38. The van der Waals surface area contributed by atoms with Crippen LogP contribution in [0.4, 0.5) is 8.78 Å². The minimum absolute atomic E-state index is 0.0251. The lowest BCUT2D eigenvalue weighted by Crippen LogP contribution is -2.50. The van der Waals surface area contributed by atoms with Crippen molar-refractivity contribution in [1.29, 1.82) is 0 Å². The van der Waals surface area contributed by atoms with Gasteiger partial charge in [0, 0.05) is 18.2 Å². The third-order valence-corrected chi connectivity index (χ3v) is 6.67. The molecule has 0 bridgehead atoms. The number of benzene rings is 2. The minimum Gasteiger partial charge on any atom is -0.391 e. The van der Waals surface area contributed by atoms with Gasteiger partial charge in [0.05, 0.1) is 12.0 Å². The first-order valence-corrected chi connectivity index (χ1v) is 11.5. The maximum atomic E-state index is 13.6. The van der Waals surface area contributed by atoms with E-state index in [1.807, 2.05) is 0 Å². The normalized spacial score (nSPS) is 17.8. The number of carbonyl (C=O) groups is 1. The lowest BCUT2D eigenvalue weighted by molar-refractivity contribution is -0.125. The van der Waals surface area contributed by atoms with Gasteiger partial charge in [-0.1, -0.05) is 57.4 Å². The van der Waals surface area contributed by atoms with Gasteiger partial charge in [0.2, 0.25) is 5.91 Å². The van der Waals surface area contributed by atoms with Gasteiger partial charge >= 0.3 is 0 Å². The molecule has 0 radical (unpaired) electrons. The molecule has 2 aromatic rings. The van der Waals surface area contributed by atoms with Crippen LogP contribution in [-0.2, 0) is 16.8 Å². The van der Waals surface area contributed by atoms with Crippen LogP contribution in [0.2, 0.25) is 0 Å². The molecule has 0 saturated heterocycles. The van der Waals surface area contributed by atoms with Crippen molar-refractivity contribution in [2.75, 3.05) is 6.54 Å². The average Bonchev–Trinajstić information content (AvgIpc) is 2.75. The van der Waals surface area contributed by atoms with E-state index in [-0.39, 0.29) is 18.5 Å². The number of nitrogens with two attached hydrogens (primary N) is 1. The number of aliphatic hydroxyl groups is 1. The third kappa shape index (κ3) is 5.93.